The smallest absolute Gasteiger partial charge is 0.334 e. The summed E-state index contributed by atoms with van der Waals surface area (Å²) in [7, 11) is 0. The molecule has 0 fully saturated rings. The minimum atomic E-state index is -4.48. The van der Waals surface area contributed by atoms with Gasteiger partial charge in [0.2, 0.25) is 5.41 Å². The van der Waals surface area contributed by atoms with Crippen molar-refractivity contribution in [3.8, 4) is 0 Å². The molecule has 0 aliphatic rings. The van der Waals surface area contributed by atoms with E-state index in [0.717, 1.165) is 38.5 Å². The fourth-order valence-corrected chi connectivity index (χ4v) is 4.29. The third kappa shape index (κ3) is 6.45. The molecular formula is C22H34O12. The Morgan fingerprint density at radius 2 is 0.853 bits per heavy atom. The molecule has 1 unspecified atom stereocenters. The van der Waals surface area contributed by atoms with Crippen LogP contribution in [0.3, 0.4) is 0 Å². The Hall–Kier alpha value is -3.18. The highest BCUT2D eigenvalue weighted by atomic mass is 16.4. The predicted octanol–water partition coefficient (Wildman–Crippen LogP) is 2.78. The summed E-state index contributed by atoms with van der Waals surface area (Å²) >= 11 is 0. The highest BCUT2D eigenvalue weighted by Gasteiger charge is 2.80. The maximum atomic E-state index is 12.0. The second kappa shape index (κ2) is 14.2. The minimum Gasteiger partial charge on any atom is -0.481 e. The van der Waals surface area contributed by atoms with E-state index in [4.69, 9.17) is 0 Å². The Morgan fingerprint density at radius 1 is 0.529 bits per heavy atom. The van der Waals surface area contributed by atoms with Gasteiger partial charge >= 0.3 is 35.8 Å². The average molecular weight is 491 g/mol. The van der Waals surface area contributed by atoms with Crippen LogP contribution in [0.5, 0.6) is 0 Å². The summed E-state index contributed by atoms with van der Waals surface area (Å²) in [5.74, 6) is -18.5. The molecule has 1 atom stereocenters. The molecular weight excluding hydrogens is 456 g/mol. The zero-order valence-electron chi connectivity index (χ0n) is 19.2. The highest BCUT2D eigenvalue weighted by molar-refractivity contribution is 6.25. The fraction of sp³-hybridized carbons (Fsp3) is 0.727. The minimum absolute atomic E-state index is 0.0648. The molecule has 34 heavy (non-hydrogen) atoms. The van der Waals surface area contributed by atoms with Gasteiger partial charge in [0.15, 0.2) is 0 Å². The molecule has 0 rings (SSSR count). The topological polar surface area (TPSA) is 224 Å². The van der Waals surface area contributed by atoms with Crippen LogP contribution in [0.1, 0.15) is 84.0 Å². The molecule has 12 nitrogen and oxygen atoms in total. The molecule has 12 heteroatoms. The van der Waals surface area contributed by atoms with Gasteiger partial charge < -0.3 is 30.6 Å². The summed E-state index contributed by atoms with van der Waals surface area (Å²) in [5, 5.41) is 57.1. The zero-order valence-corrected chi connectivity index (χ0v) is 19.2. The van der Waals surface area contributed by atoms with Gasteiger partial charge in [-0.2, -0.15) is 0 Å². The molecule has 0 radical (unpaired) electrons. The maximum Gasteiger partial charge on any atom is 0.334 e. The number of aliphatic carboxylic acids is 6. The molecule has 0 amide bonds. The van der Waals surface area contributed by atoms with Crippen LogP contribution < -0.4 is 0 Å². The summed E-state index contributed by atoms with van der Waals surface area (Å²) in [6, 6.07) is 0. The van der Waals surface area contributed by atoms with Crippen LogP contribution in [0.2, 0.25) is 0 Å². The summed E-state index contributed by atoms with van der Waals surface area (Å²) in [6.45, 7) is 2.12. The van der Waals surface area contributed by atoms with E-state index in [1.54, 1.807) is 0 Å². The molecule has 194 valence electrons. The van der Waals surface area contributed by atoms with E-state index in [2.05, 4.69) is 6.92 Å². The molecule has 0 aliphatic carbocycles. The van der Waals surface area contributed by atoms with Gasteiger partial charge in [-0.3, -0.25) is 28.8 Å². The quantitative estimate of drug-likeness (QED) is 0.107. The third-order valence-corrected chi connectivity index (χ3v) is 6.15. The van der Waals surface area contributed by atoms with Crippen molar-refractivity contribution < 1.29 is 59.4 Å². The number of carboxylic acids is 6. The molecule has 0 spiro atoms. The van der Waals surface area contributed by atoms with Gasteiger partial charge in [0.1, 0.15) is 0 Å². The lowest BCUT2D eigenvalue weighted by atomic mass is 9.55. The largest absolute Gasteiger partial charge is 0.481 e. The van der Waals surface area contributed by atoms with E-state index in [1.165, 1.54) is 12.8 Å². The number of hydrogen-bond acceptors (Lipinski definition) is 6. The summed E-state index contributed by atoms with van der Waals surface area (Å²) in [5.41, 5.74) is -8.69. The first-order chi connectivity index (χ1) is 15.9. The van der Waals surface area contributed by atoms with Crippen molar-refractivity contribution in [2.45, 2.75) is 84.0 Å². The van der Waals surface area contributed by atoms with Gasteiger partial charge in [-0.15, -0.1) is 0 Å². The number of carbonyl (C=O) groups is 6. The normalized spacial score (nSPS) is 12.6. The maximum absolute atomic E-state index is 12.0. The van der Waals surface area contributed by atoms with Crippen molar-refractivity contribution >= 4 is 35.8 Å². The van der Waals surface area contributed by atoms with E-state index < -0.39 is 59.0 Å². The summed E-state index contributed by atoms with van der Waals surface area (Å²) < 4.78 is 0. The predicted molar refractivity (Wildman–Crippen MR) is 115 cm³/mol. The van der Waals surface area contributed by atoms with Gasteiger partial charge in [-0.05, 0) is 6.42 Å². The first-order valence-electron chi connectivity index (χ1n) is 11.3. The van der Waals surface area contributed by atoms with E-state index in [9.17, 15) is 59.4 Å². The molecule has 0 aromatic rings. The fourth-order valence-electron chi connectivity index (χ4n) is 4.29. The third-order valence-electron chi connectivity index (χ3n) is 6.15. The first kappa shape index (κ1) is 30.8. The first-order valence-corrected chi connectivity index (χ1v) is 11.3. The van der Waals surface area contributed by atoms with Crippen molar-refractivity contribution in [1.82, 2.24) is 0 Å². The SMILES string of the molecule is CCCCCCCCCCCCCC(C(=O)O)C(C(=O)O)(C(=O)O)C(C(=O)O)(C(=O)O)C(=O)O. The van der Waals surface area contributed by atoms with E-state index in [-0.39, 0.29) is 6.42 Å². The molecule has 0 bridgehead atoms. The van der Waals surface area contributed by atoms with Crippen molar-refractivity contribution in [3.63, 3.8) is 0 Å². The zero-order chi connectivity index (χ0) is 26.5. The molecule has 0 aliphatic heterocycles. The van der Waals surface area contributed by atoms with Crippen molar-refractivity contribution in [1.29, 1.82) is 0 Å². The Balaban J connectivity index is 5.62. The van der Waals surface area contributed by atoms with Crippen LogP contribution in [0.15, 0.2) is 0 Å². The lowest BCUT2D eigenvalue weighted by Crippen LogP contribution is -2.68. The number of unbranched alkanes of at least 4 members (excludes halogenated alkanes) is 10. The number of rotatable bonds is 20. The molecule has 6 N–H and O–H groups in total. The lowest BCUT2D eigenvalue weighted by Gasteiger charge is -2.39. The van der Waals surface area contributed by atoms with Crippen LogP contribution in [0.25, 0.3) is 0 Å². The van der Waals surface area contributed by atoms with Gasteiger partial charge in [-0.25, -0.2) is 0 Å². The van der Waals surface area contributed by atoms with Gasteiger partial charge in [-0.1, -0.05) is 77.6 Å². The lowest BCUT2D eigenvalue weighted by molar-refractivity contribution is -0.209. The van der Waals surface area contributed by atoms with Crippen molar-refractivity contribution in [2.24, 2.45) is 16.7 Å². The Kier molecular flexibility index (Phi) is 12.8. The number of carboxylic acid groups (broad SMARTS) is 6. The average Bonchev–Trinajstić information content (AvgIpc) is 2.71. The molecule has 0 saturated heterocycles. The van der Waals surface area contributed by atoms with Crippen LogP contribution in [0, 0.1) is 16.7 Å². The Bertz CT molecular complexity index is 707. The molecule has 0 aromatic carbocycles. The highest BCUT2D eigenvalue weighted by Crippen LogP contribution is 2.49. The van der Waals surface area contributed by atoms with Crippen LogP contribution in [-0.4, -0.2) is 66.5 Å². The number of hydrogen-bond donors (Lipinski definition) is 6. The van der Waals surface area contributed by atoms with Gasteiger partial charge in [0.05, 0.1) is 5.92 Å². The standard InChI is InChI=1S/C22H34O12/c1-2-3-4-5-6-7-8-9-10-11-12-13-14(15(23)24)21(16(25)26,17(27)28)22(18(29)30,19(31)32)20(33)34/h14H,2-13H2,1H3,(H,23,24)(H,25,26)(H,27,28)(H,29,30)(H,31,32)(H,33,34). The van der Waals surface area contributed by atoms with Crippen molar-refractivity contribution in [2.75, 3.05) is 0 Å². The molecule has 0 heterocycles. The van der Waals surface area contributed by atoms with E-state index >= 15 is 0 Å². The van der Waals surface area contributed by atoms with Crippen LogP contribution in [-0.2, 0) is 28.8 Å². The van der Waals surface area contributed by atoms with Gasteiger partial charge in [0.25, 0.3) is 5.41 Å². The second-order valence-electron chi connectivity index (χ2n) is 8.30. The van der Waals surface area contributed by atoms with Gasteiger partial charge in [0, 0.05) is 0 Å². The summed E-state index contributed by atoms with van der Waals surface area (Å²) in [4.78, 5) is 71.2. The van der Waals surface area contributed by atoms with Crippen molar-refractivity contribution in [3.05, 3.63) is 0 Å². The summed E-state index contributed by atoms with van der Waals surface area (Å²) in [6.07, 6.45) is 8.60. The van der Waals surface area contributed by atoms with Crippen LogP contribution >= 0.6 is 0 Å². The van der Waals surface area contributed by atoms with E-state index in [1.807, 2.05) is 0 Å². The molecule has 0 aromatic heterocycles. The Morgan fingerprint density at radius 3 is 1.12 bits per heavy atom. The molecule has 0 saturated carbocycles. The second-order valence-corrected chi connectivity index (χ2v) is 8.30. The van der Waals surface area contributed by atoms with E-state index in [0.29, 0.717) is 12.8 Å². The van der Waals surface area contributed by atoms with Crippen LogP contribution in [0.4, 0.5) is 0 Å². The Labute approximate surface area is 196 Å². The monoisotopic (exact) mass is 490 g/mol.